The average Bonchev–Trinajstić information content (AvgIpc) is 2.63. The van der Waals surface area contributed by atoms with Crippen molar-refractivity contribution in [2.24, 2.45) is 4.99 Å². The molecule has 0 aliphatic rings. The van der Waals surface area contributed by atoms with E-state index < -0.39 is 0 Å². The lowest BCUT2D eigenvalue weighted by atomic mass is 10.1. The van der Waals surface area contributed by atoms with Gasteiger partial charge in [0.05, 0.1) is 0 Å². The van der Waals surface area contributed by atoms with Crippen LogP contribution in [0.1, 0.15) is 44.2 Å². The number of benzene rings is 1. The highest BCUT2D eigenvalue weighted by atomic mass is 127. The molecule has 0 radical (unpaired) electrons. The second-order valence-corrected chi connectivity index (χ2v) is 6.32. The van der Waals surface area contributed by atoms with Crippen LogP contribution in [0, 0.1) is 0 Å². The third-order valence-corrected chi connectivity index (χ3v) is 4.07. The highest BCUT2D eigenvalue weighted by Gasteiger charge is 2.01. The third-order valence-electron chi connectivity index (χ3n) is 4.07. The Labute approximate surface area is 177 Å². The Hall–Kier alpha value is -0.860. The Balaban J connectivity index is 0.00000625. The largest absolute Gasteiger partial charge is 0.381 e. The van der Waals surface area contributed by atoms with E-state index in [1.165, 1.54) is 17.5 Å². The van der Waals surface area contributed by atoms with Gasteiger partial charge in [-0.3, -0.25) is 4.99 Å². The first-order chi connectivity index (χ1) is 12.2. The molecule has 0 unspecified atom stereocenters. The van der Waals surface area contributed by atoms with Crippen LogP contribution in [0.15, 0.2) is 29.3 Å². The van der Waals surface area contributed by atoms with Crippen molar-refractivity contribution in [2.75, 3.05) is 40.4 Å². The number of rotatable bonds is 12. The number of guanidine groups is 1. The molecule has 26 heavy (non-hydrogen) atoms. The average molecular weight is 476 g/mol. The minimum Gasteiger partial charge on any atom is -0.381 e. The number of nitrogens with zero attached hydrogens (tertiary/aromatic N) is 2. The molecule has 0 aliphatic carbocycles. The van der Waals surface area contributed by atoms with Gasteiger partial charge in [-0.15, -0.1) is 24.0 Å². The van der Waals surface area contributed by atoms with Crippen molar-refractivity contribution < 1.29 is 4.74 Å². The Bertz CT molecular complexity index is 496. The first-order valence-electron chi connectivity index (χ1n) is 9.48. The number of nitrogens with one attached hydrogen (secondary N) is 2. The molecule has 150 valence electrons. The molecule has 1 rings (SSSR count). The van der Waals surface area contributed by atoms with Crippen LogP contribution in [0.25, 0.3) is 0 Å². The Morgan fingerprint density at radius 2 is 1.85 bits per heavy atom. The molecule has 1 aromatic rings. The number of unbranched alkanes of at least 4 members (excludes halogenated alkanes) is 1. The molecule has 1 aromatic carbocycles. The quantitative estimate of drug-likeness (QED) is 0.209. The van der Waals surface area contributed by atoms with Crippen LogP contribution in [0.3, 0.4) is 0 Å². The van der Waals surface area contributed by atoms with E-state index in [0.717, 1.165) is 58.2 Å². The Morgan fingerprint density at radius 3 is 2.54 bits per heavy atom. The number of aliphatic imine (C=N–C) groups is 1. The summed E-state index contributed by atoms with van der Waals surface area (Å²) in [6.07, 6.45) is 3.32. The maximum atomic E-state index is 5.57. The van der Waals surface area contributed by atoms with Crippen molar-refractivity contribution >= 4 is 29.9 Å². The second kappa shape index (κ2) is 16.3. The zero-order chi connectivity index (χ0) is 18.3. The van der Waals surface area contributed by atoms with Gasteiger partial charge in [0.15, 0.2) is 5.96 Å². The fourth-order valence-corrected chi connectivity index (χ4v) is 2.40. The van der Waals surface area contributed by atoms with Crippen LogP contribution >= 0.6 is 24.0 Å². The minimum absolute atomic E-state index is 0. The van der Waals surface area contributed by atoms with E-state index in [1.807, 2.05) is 0 Å². The van der Waals surface area contributed by atoms with Crippen molar-refractivity contribution in [1.82, 2.24) is 15.5 Å². The molecule has 0 saturated carbocycles. The van der Waals surface area contributed by atoms with Gasteiger partial charge in [0.1, 0.15) is 0 Å². The molecule has 0 saturated heterocycles. The fourth-order valence-electron chi connectivity index (χ4n) is 2.40. The summed E-state index contributed by atoms with van der Waals surface area (Å²) in [6, 6.07) is 8.71. The van der Waals surface area contributed by atoms with Crippen LogP contribution in [-0.2, 0) is 17.8 Å². The summed E-state index contributed by atoms with van der Waals surface area (Å²) in [4.78, 5) is 6.58. The topological polar surface area (TPSA) is 48.9 Å². The summed E-state index contributed by atoms with van der Waals surface area (Å²) in [5.41, 5.74) is 2.61. The SMILES string of the molecule is CCCCOCCCNC(=NC)NCc1cccc(CN(C)CC)c1.I. The predicted octanol–water partition coefficient (Wildman–Crippen LogP) is 3.63. The lowest BCUT2D eigenvalue weighted by Gasteiger charge is -2.15. The number of ether oxygens (including phenoxy) is 1. The summed E-state index contributed by atoms with van der Waals surface area (Å²) in [5, 5.41) is 6.71. The standard InChI is InChI=1S/C20H36N4O.HI/c1-5-7-13-25-14-9-12-22-20(21-3)23-16-18-10-8-11-19(15-18)17-24(4)6-2;/h8,10-11,15H,5-7,9,12-14,16-17H2,1-4H3,(H2,21,22,23);1H. The molecule has 0 aliphatic heterocycles. The highest BCUT2D eigenvalue weighted by molar-refractivity contribution is 14.0. The van der Waals surface area contributed by atoms with Gasteiger partial charge in [0, 0.05) is 39.9 Å². The summed E-state index contributed by atoms with van der Waals surface area (Å²) in [6.45, 7) is 9.71. The molecule has 0 aromatic heterocycles. The summed E-state index contributed by atoms with van der Waals surface area (Å²) in [5.74, 6) is 0.838. The number of halogens is 1. The Kier molecular flexibility index (Phi) is 15.8. The maximum Gasteiger partial charge on any atom is 0.191 e. The van der Waals surface area contributed by atoms with Gasteiger partial charge >= 0.3 is 0 Å². The number of hydrogen-bond donors (Lipinski definition) is 2. The zero-order valence-electron chi connectivity index (χ0n) is 16.9. The van der Waals surface area contributed by atoms with Crippen LogP contribution in [0.4, 0.5) is 0 Å². The van der Waals surface area contributed by atoms with Gasteiger partial charge in [0.25, 0.3) is 0 Å². The van der Waals surface area contributed by atoms with Crippen molar-refractivity contribution in [2.45, 2.75) is 46.2 Å². The smallest absolute Gasteiger partial charge is 0.191 e. The van der Waals surface area contributed by atoms with Gasteiger partial charge in [0.2, 0.25) is 0 Å². The van der Waals surface area contributed by atoms with Gasteiger partial charge in [-0.05, 0) is 37.6 Å². The summed E-state index contributed by atoms with van der Waals surface area (Å²) >= 11 is 0. The van der Waals surface area contributed by atoms with Crippen molar-refractivity contribution in [3.05, 3.63) is 35.4 Å². The van der Waals surface area contributed by atoms with Gasteiger partial charge in [-0.2, -0.15) is 0 Å². The monoisotopic (exact) mass is 476 g/mol. The molecule has 0 amide bonds. The van der Waals surface area contributed by atoms with Gasteiger partial charge in [-0.1, -0.05) is 44.5 Å². The van der Waals surface area contributed by atoms with E-state index >= 15 is 0 Å². The first-order valence-corrected chi connectivity index (χ1v) is 9.48. The van der Waals surface area contributed by atoms with Crippen LogP contribution in [0.5, 0.6) is 0 Å². The third kappa shape index (κ3) is 11.7. The molecule has 5 nitrogen and oxygen atoms in total. The lowest BCUT2D eigenvalue weighted by Crippen LogP contribution is -2.37. The molecule has 0 heterocycles. The molecular formula is C20H37IN4O. The molecule has 0 atom stereocenters. The van der Waals surface area contributed by atoms with Gasteiger partial charge in [-0.25, -0.2) is 0 Å². The maximum absolute atomic E-state index is 5.57. The summed E-state index contributed by atoms with van der Waals surface area (Å²) < 4.78 is 5.57. The molecule has 0 spiro atoms. The first kappa shape index (κ1) is 25.1. The second-order valence-electron chi connectivity index (χ2n) is 6.32. The zero-order valence-corrected chi connectivity index (χ0v) is 19.2. The summed E-state index contributed by atoms with van der Waals surface area (Å²) in [7, 11) is 3.95. The normalized spacial score (nSPS) is 11.3. The van der Waals surface area contributed by atoms with E-state index in [-0.39, 0.29) is 24.0 Å². The van der Waals surface area contributed by atoms with Crippen molar-refractivity contribution in [3.8, 4) is 0 Å². The fraction of sp³-hybridized carbons (Fsp3) is 0.650. The van der Waals surface area contributed by atoms with E-state index in [2.05, 4.69) is 65.7 Å². The van der Waals surface area contributed by atoms with Crippen LogP contribution < -0.4 is 10.6 Å². The minimum atomic E-state index is 0. The molecule has 0 bridgehead atoms. The van der Waals surface area contributed by atoms with E-state index in [9.17, 15) is 0 Å². The molecule has 0 fully saturated rings. The molecule has 6 heteroatoms. The van der Waals surface area contributed by atoms with E-state index in [4.69, 9.17) is 4.74 Å². The van der Waals surface area contributed by atoms with Crippen molar-refractivity contribution in [3.63, 3.8) is 0 Å². The van der Waals surface area contributed by atoms with E-state index in [0.29, 0.717) is 0 Å². The van der Waals surface area contributed by atoms with Gasteiger partial charge < -0.3 is 20.3 Å². The van der Waals surface area contributed by atoms with Crippen LogP contribution in [0.2, 0.25) is 0 Å². The van der Waals surface area contributed by atoms with E-state index in [1.54, 1.807) is 7.05 Å². The lowest BCUT2D eigenvalue weighted by molar-refractivity contribution is 0.129. The Morgan fingerprint density at radius 1 is 1.12 bits per heavy atom. The molecule has 2 N–H and O–H groups in total. The van der Waals surface area contributed by atoms with Crippen molar-refractivity contribution in [1.29, 1.82) is 0 Å². The predicted molar refractivity (Wildman–Crippen MR) is 122 cm³/mol. The van der Waals surface area contributed by atoms with Crippen LogP contribution in [-0.4, -0.2) is 51.3 Å². The number of hydrogen-bond acceptors (Lipinski definition) is 3. The highest BCUT2D eigenvalue weighted by Crippen LogP contribution is 2.07. The molecular weight excluding hydrogens is 439 g/mol.